The molecule has 1 aromatic carbocycles. The molecule has 6 nitrogen and oxygen atoms in total. The second-order valence-corrected chi connectivity index (χ2v) is 8.13. The van der Waals surface area contributed by atoms with Gasteiger partial charge in [0, 0.05) is 17.7 Å². The first-order chi connectivity index (χ1) is 13.0. The molecule has 3 aliphatic rings. The largest absolute Gasteiger partial charge is 0.481 e. The van der Waals surface area contributed by atoms with E-state index >= 15 is 0 Å². The number of benzene rings is 1. The first-order valence-corrected chi connectivity index (χ1v) is 9.39. The van der Waals surface area contributed by atoms with Crippen molar-refractivity contribution in [2.75, 3.05) is 10.2 Å². The third-order valence-corrected chi connectivity index (χ3v) is 6.35. The number of carbonyl (C=O) groups excluding carboxylic acids is 1. The minimum atomic E-state index is -0.702. The van der Waals surface area contributed by atoms with Gasteiger partial charge in [0.25, 0.3) is 0 Å². The molecule has 1 aromatic heterocycles. The van der Waals surface area contributed by atoms with Crippen molar-refractivity contribution in [2.24, 2.45) is 17.3 Å². The van der Waals surface area contributed by atoms with Crippen LogP contribution in [0.3, 0.4) is 0 Å². The molecule has 2 saturated carbocycles. The molecule has 1 amide bonds. The molecular weight excluding hydrogens is 342 g/mol. The number of pyridine rings is 1. The van der Waals surface area contributed by atoms with Gasteiger partial charge in [0.15, 0.2) is 0 Å². The number of aromatic nitrogens is 1. The van der Waals surface area contributed by atoms with Gasteiger partial charge in [-0.1, -0.05) is 18.2 Å². The summed E-state index contributed by atoms with van der Waals surface area (Å²) in [5.74, 6) is -0.0286. The number of carboxylic acid groups (broad SMARTS) is 1. The van der Waals surface area contributed by atoms with Gasteiger partial charge in [0.1, 0.15) is 5.82 Å². The molecule has 5 rings (SSSR count). The van der Waals surface area contributed by atoms with E-state index in [1.165, 1.54) is 0 Å². The fourth-order valence-corrected chi connectivity index (χ4v) is 4.95. The van der Waals surface area contributed by atoms with E-state index in [2.05, 4.69) is 10.3 Å². The van der Waals surface area contributed by atoms with Crippen molar-refractivity contribution in [3.63, 3.8) is 0 Å². The monoisotopic (exact) mass is 363 g/mol. The second kappa shape index (κ2) is 5.81. The van der Waals surface area contributed by atoms with Crippen LogP contribution in [-0.4, -0.2) is 22.0 Å². The Morgan fingerprint density at radius 3 is 2.59 bits per heavy atom. The molecule has 6 heteroatoms. The summed E-state index contributed by atoms with van der Waals surface area (Å²) in [6, 6.07) is 11.7. The molecule has 0 unspecified atom stereocenters. The zero-order valence-electron chi connectivity index (χ0n) is 14.9. The minimum Gasteiger partial charge on any atom is -0.481 e. The predicted molar refractivity (Wildman–Crippen MR) is 101 cm³/mol. The van der Waals surface area contributed by atoms with E-state index in [1.807, 2.05) is 41.3 Å². The third kappa shape index (κ3) is 2.59. The maximum Gasteiger partial charge on any atom is 0.306 e. The van der Waals surface area contributed by atoms with Crippen molar-refractivity contribution in [3.05, 3.63) is 48.2 Å². The lowest BCUT2D eigenvalue weighted by molar-refractivity contribution is -0.160. The van der Waals surface area contributed by atoms with Gasteiger partial charge in [-0.15, -0.1) is 0 Å². The van der Waals surface area contributed by atoms with Crippen molar-refractivity contribution in [1.29, 1.82) is 0 Å². The van der Waals surface area contributed by atoms with E-state index in [-0.39, 0.29) is 23.2 Å². The number of para-hydroxylation sites is 2. The number of nitrogens with one attached hydrogen (secondary N) is 1. The van der Waals surface area contributed by atoms with Gasteiger partial charge in [-0.05, 0) is 49.3 Å². The van der Waals surface area contributed by atoms with Crippen LogP contribution < -0.4 is 10.2 Å². The first kappa shape index (κ1) is 16.3. The highest BCUT2D eigenvalue weighted by Gasteiger charge is 2.57. The summed E-state index contributed by atoms with van der Waals surface area (Å²) in [4.78, 5) is 30.7. The molecule has 2 heterocycles. The van der Waals surface area contributed by atoms with E-state index in [9.17, 15) is 9.59 Å². The van der Waals surface area contributed by atoms with Crippen LogP contribution in [0.1, 0.15) is 31.2 Å². The van der Waals surface area contributed by atoms with Gasteiger partial charge in [0.2, 0.25) is 5.91 Å². The molecule has 0 bridgehead atoms. The lowest BCUT2D eigenvalue weighted by Crippen LogP contribution is -2.54. The van der Waals surface area contributed by atoms with E-state index in [1.54, 1.807) is 6.20 Å². The van der Waals surface area contributed by atoms with E-state index in [0.717, 1.165) is 48.4 Å². The molecule has 2 fully saturated rings. The van der Waals surface area contributed by atoms with Gasteiger partial charge >= 0.3 is 5.97 Å². The van der Waals surface area contributed by atoms with Crippen molar-refractivity contribution in [3.8, 4) is 0 Å². The number of hydrogen-bond donors (Lipinski definition) is 2. The third-order valence-electron chi connectivity index (χ3n) is 6.35. The molecule has 0 saturated heterocycles. The Morgan fingerprint density at radius 1 is 1.07 bits per heavy atom. The molecule has 2 aromatic rings. The summed E-state index contributed by atoms with van der Waals surface area (Å²) >= 11 is 0. The summed E-state index contributed by atoms with van der Waals surface area (Å²) in [5.41, 5.74) is 2.84. The Labute approximate surface area is 157 Å². The van der Waals surface area contributed by atoms with Gasteiger partial charge in [-0.2, -0.15) is 0 Å². The van der Waals surface area contributed by atoms with E-state index < -0.39 is 5.97 Å². The van der Waals surface area contributed by atoms with Crippen LogP contribution in [0.2, 0.25) is 0 Å². The zero-order chi connectivity index (χ0) is 18.6. The van der Waals surface area contributed by atoms with Gasteiger partial charge in [0.05, 0.1) is 23.8 Å². The molecule has 27 heavy (non-hydrogen) atoms. The quantitative estimate of drug-likeness (QED) is 0.852. The van der Waals surface area contributed by atoms with Crippen LogP contribution in [0.25, 0.3) is 0 Å². The Morgan fingerprint density at radius 2 is 1.81 bits per heavy atom. The average Bonchev–Trinajstić information content (AvgIpc) is 2.75. The lowest BCUT2D eigenvalue weighted by atomic mass is 9.48. The highest BCUT2D eigenvalue weighted by atomic mass is 16.4. The smallest absolute Gasteiger partial charge is 0.306 e. The Kier molecular flexibility index (Phi) is 3.50. The molecule has 1 aliphatic heterocycles. The lowest BCUT2D eigenvalue weighted by Gasteiger charge is -2.56. The van der Waals surface area contributed by atoms with Crippen LogP contribution in [0, 0.1) is 17.3 Å². The van der Waals surface area contributed by atoms with Gasteiger partial charge < -0.3 is 15.3 Å². The van der Waals surface area contributed by atoms with Crippen LogP contribution in [0.5, 0.6) is 0 Å². The van der Waals surface area contributed by atoms with Crippen molar-refractivity contribution in [2.45, 2.75) is 32.2 Å². The maximum atomic E-state index is 13.3. The normalized spacial score (nSPS) is 28.1. The molecule has 138 valence electrons. The fraction of sp³-hybridized carbons (Fsp3) is 0.381. The number of hydrogen-bond acceptors (Lipinski definition) is 4. The summed E-state index contributed by atoms with van der Waals surface area (Å²) in [7, 11) is 0. The summed E-state index contributed by atoms with van der Waals surface area (Å²) in [6.45, 7) is 0.493. The van der Waals surface area contributed by atoms with Crippen molar-refractivity contribution in [1.82, 2.24) is 4.98 Å². The molecular formula is C21H21N3O3. The summed E-state index contributed by atoms with van der Waals surface area (Å²) in [6.07, 6.45) is 4.80. The topological polar surface area (TPSA) is 82.5 Å². The molecule has 0 atom stereocenters. The minimum absolute atomic E-state index is 0.0222. The highest BCUT2D eigenvalue weighted by Crippen LogP contribution is 2.61. The highest BCUT2D eigenvalue weighted by molar-refractivity contribution is 6.00. The van der Waals surface area contributed by atoms with E-state index in [4.69, 9.17) is 5.11 Å². The molecule has 0 radical (unpaired) electrons. The number of nitrogens with zero attached hydrogens (tertiary/aromatic N) is 2. The number of carboxylic acids is 1. The maximum absolute atomic E-state index is 13.3. The number of anilines is 3. The summed E-state index contributed by atoms with van der Waals surface area (Å²) in [5, 5.41) is 12.5. The Balaban J connectivity index is 1.38. The predicted octanol–water partition coefficient (Wildman–Crippen LogP) is 3.56. The number of rotatable bonds is 2. The fourth-order valence-electron chi connectivity index (χ4n) is 4.95. The van der Waals surface area contributed by atoms with Crippen LogP contribution in [0.15, 0.2) is 42.6 Å². The number of aliphatic carboxylic acids is 1. The summed E-state index contributed by atoms with van der Waals surface area (Å²) < 4.78 is 0. The SMILES string of the molecule is O=C(O)C1CC2(C1)CC(C(=O)N1Cc3cccnc3Nc3ccccc31)C2. The Hall–Kier alpha value is -2.89. The van der Waals surface area contributed by atoms with E-state index in [0.29, 0.717) is 6.54 Å². The van der Waals surface area contributed by atoms with Crippen molar-refractivity contribution < 1.29 is 14.7 Å². The average molecular weight is 363 g/mol. The number of carbonyl (C=O) groups is 2. The Bertz CT molecular complexity index is 928. The standard InChI is InChI=1S/C21H21N3O3/c25-19(14-8-21(9-14)10-15(11-21)20(26)27)24-12-13-4-3-7-22-18(13)23-16-5-1-2-6-17(16)24/h1-7,14-15H,8-12H2,(H,22,23)(H,26,27). The number of amides is 1. The molecule has 2 aliphatic carbocycles. The number of fused-ring (bicyclic) bond motifs is 2. The zero-order valence-corrected chi connectivity index (χ0v) is 14.9. The van der Waals surface area contributed by atoms with Gasteiger partial charge in [-0.25, -0.2) is 4.98 Å². The first-order valence-electron chi connectivity index (χ1n) is 9.39. The van der Waals surface area contributed by atoms with Crippen LogP contribution in [0.4, 0.5) is 17.2 Å². The molecule has 2 N–H and O–H groups in total. The van der Waals surface area contributed by atoms with Crippen molar-refractivity contribution >= 4 is 29.1 Å². The van der Waals surface area contributed by atoms with Gasteiger partial charge in [-0.3, -0.25) is 9.59 Å². The van der Waals surface area contributed by atoms with Crippen LogP contribution >= 0.6 is 0 Å². The second-order valence-electron chi connectivity index (χ2n) is 8.13. The molecule has 1 spiro atoms. The van der Waals surface area contributed by atoms with Crippen LogP contribution in [-0.2, 0) is 16.1 Å².